The van der Waals surface area contributed by atoms with Crippen LogP contribution in [0.1, 0.15) is 20.8 Å². The zero-order valence-electron chi connectivity index (χ0n) is 14.0. The zero-order chi connectivity index (χ0) is 17.5. The number of hydrogen-bond acceptors (Lipinski definition) is 6. The molecule has 0 bridgehead atoms. The molecule has 1 amide bonds. The number of anilines is 1. The second-order valence-electron chi connectivity index (χ2n) is 6.69. The lowest BCUT2D eigenvalue weighted by Gasteiger charge is -2.37. The van der Waals surface area contributed by atoms with Crippen molar-refractivity contribution in [3.05, 3.63) is 17.4 Å². The Labute approximate surface area is 145 Å². The van der Waals surface area contributed by atoms with E-state index < -0.39 is 5.60 Å². The number of halogens is 1. The number of amides is 1. The number of rotatable bonds is 1. The molecule has 1 fully saturated rings. The highest BCUT2D eigenvalue weighted by atomic mass is 35.5. The van der Waals surface area contributed by atoms with Gasteiger partial charge in [0, 0.05) is 19.3 Å². The first-order valence-corrected chi connectivity index (χ1v) is 8.15. The number of carbonyl (C=O) groups excluding carboxylic acids is 1. The fourth-order valence-electron chi connectivity index (χ4n) is 2.66. The molecule has 2 aromatic rings. The maximum Gasteiger partial charge on any atom is 0.410 e. The lowest BCUT2D eigenvalue weighted by Crippen LogP contribution is -2.53. The molecule has 1 aliphatic rings. The Balaban J connectivity index is 1.73. The first-order chi connectivity index (χ1) is 11.2. The summed E-state index contributed by atoms with van der Waals surface area (Å²) in [7, 11) is 0. The molecule has 0 atom stereocenters. The summed E-state index contributed by atoms with van der Waals surface area (Å²) in [4.78, 5) is 22.0. The molecule has 9 heteroatoms. The van der Waals surface area contributed by atoms with Crippen LogP contribution in [0.4, 0.5) is 10.7 Å². The van der Waals surface area contributed by atoms with Gasteiger partial charge in [-0.3, -0.25) is 4.68 Å². The summed E-state index contributed by atoms with van der Waals surface area (Å²) in [6.45, 7) is 8.04. The molecule has 0 unspecified atom stereocenters. The van der Waals surface area contributed by atoms with Crippen molar-refractivity contribution in [3.63, 3.8) is 0 Å². The topological polar surface area (TPSA) is 89.5 Å². The van der Waals surface area contributed by atoms with Gasteiger partial charge in [0.2, 0.25) is 5.95 Å². The Kier molecular flexibility index (Phi) is 4.16. The van der Waals surface area contributed by atoms with E-state index in [1.165, 1.54) is 0 Å². The Morgan fingerprint density at radius 2 is 1.92 bits per heavy atom. The number of hydrogen-bond donors (Lipinski definition) is 1. The average molecular weight is 353 g/mol. The Hall–Kier alpha value is -2.22. The molecule has 8 nitrogen and oxygen atoms in total. The van der Waals surface area contributed by atoms with Crippen molar-refractivity contribution in [2.75, 3.05) is 36.9 Å². The van der Waals surface area contributed by atoms with Crippen LogP contribution in [0.2, 0.25) is 5.15 Å². The van der Waals surface area contributed by atoms with Gasteiger partial charge >= 0.3 is 6.09 Å². The SMILES string of the molecule is CC(C)(C)OC(=O)N1CCN(n2ccc3nc(N)nc(Cl)c32)CC1. The van der Waals surface area contributed by atoms with Crippen molar-refractivity contribution in [2.45, 2.75) is 26.4 Å². The molecule has 0 spiro atoms. The van der Waals surface area contributed by atoms with E-state index in [0.29, 0.717) is 36.8 Å². The lowest BCUT2D eigenvalue weighted by atomic mass is 10.2. The smallest absolute Gasteiger partial charge is 0.410 e. The van der Waals surface area contributed by atoms with E-state index in [9.17, 15) is 4.79 Å². The van der Waals surface area contributed by atoms with Crippen LogP contribution in [0.3, 0.4) is 0 Å². The summed E-state index contributed by atoms with van der Waals surface area (Å²) in [5.74, 6) is 0.153. The van der Waals surface area contributed by atoms with Gasteiger partial charge in [-0.25, -0.2) is 9.78 Å². The predicted molar refractivity (Wildman–Crippen MR) is 92.7 cm³/mol. The standard InChI is InChI=1S/C15H21ClN6O2/c1-15(2,3)24-14(23)20-6-8-21(9-7-20)22-5-4-10-11(22)12(16)19-13(17)18-10/h4-5H,6-9H2,1-3H3,(H2,17,18,19). The summed E-state index contributed by atoms with van der Waals surface area (Å²) in [6.07, 6.45) is 1.60. The highest BCUT2D eigenvalue weighted by molar-refractivity contribution is 6.33. The number of aromatic nitrogens is 3. The molecule has 130 valence electrons. The second-order valence-corrected chi connectivity index (χ2v) is 7.05. The quantitative estimate of drug-likeness (QED) is 0.788. The monoisotopic (exact) mass is 352 g/mol. The van der Waals surface area contributed by atoms with Gasteiger partial charge in [0.15, 0.2) is 5.15 Å². The lowest BCUT2D eigenvalue weighted by molar-refractivity contribution is 0.0233. The van der Waals surface area contributed by atoms with Gasteiger partial charge in [-0.2, -0.15) is 4.98 Å². The minimum atomic E-state index is -0.490. The van der Waals surface area contributed by atoms with Gasteiger partial charge in [-0.1, -0.05) is 11.6 Å². The third kappa shape index (κ3) is 3.33. The van der Waals surface area contributed by atoms with Gasteiger partial charge in [-0.05, 0) is 26.8 Å². The van der Waals surface area contributed by atoms with E-state index >= 15 is 0 Å². The third-order valence-corrected chi connectivity index (χ3v) is 3.96. The van der Waals surface area contributed by atoms with Crippen LogP contribution in [0.5, 0.6) is 0 Å². The summed E-state index contributed by atoms with van der Waals surface area (Å²) < 4.78 is 7.33. The van der Waals surface area contributed by atoms with Crippen molar-refractivity contribution in [2.24, 2.45) is 0 Å². The molecular weight excluding hydrogens is 332 g/mol. The molecule has 3 heterocycles. The van der Waals surface area contributed by atoms with Gasteiger partial charge in [0.25, 0.3) is 0 Å². The molecule has 1 saturated heterocycles. The molecule has 0 saturated carbocycles. The van der Waals surface area contributed by atoms with Gasteiger partial charge < -0.3 is 20.4 Å². The van der Waals surface area contributed by atoms with Crippen LogP contribution in [0, 0.1) is 0 Å². The highest BCUT2D eigenvalue weighted by Crippen LogP contribution is 2.23. The fraction of sp³-hybridized carbons (Fsp3) is 0.533. The van der Waals surface area contributed by atoms with E-state index in [1.54, 1.807) is 4.90 Å². The summed E-state index contributed by atoms with van der Waals surface area (Å²) in [5.41, 5.74) is 6.55. The highest BCUT2D eigenvalue weighted by Gasteiger charge is 2.26. The molecule has 1 aliphatic heterocycles. The third-order valence-electron chi connectivity index (χ3n) is 3.70. The Bertz CT molecular complexity index is 761. The summed E-state index contributed by atoms with van der Waals surface area (Å²) >= 11 is 6.22. The van der Waals surface area contributed by atoms with Gasteiger partial charge in [0.1, 0.15) is 11.1 Å². The molecule has 0 radical (unpaired) electrons. The summed E-state index contributed by atoms with van der Waals surface area (Å²) in [6, 6.07) is 1.85. The van der Waals surface area contributed by atoms with Crippen LogP contribution in [0.15, 0.2) is 12.3 Å². The predicted octanol–water partition coefficient (Wildman–Crippen LogP) is 1.86. The molecular formula is C15H21ClN6O2. The fourth-order valence-corrected chi connectivity index (χ4v) is 2.93. The van der Waals surface area contributed by atoms with Crippen molar-refractivity contribution >= 4 is 34.7 Å². The number of piperazine rings is 1. The molecule has 3 rings (SSSR count). The Morgan fingerprint density at radius 3 is 2.54 bits per heavy atom. The number of ether oxygens (including phenoxy) is 1. The average Bonchev–Trinajstić information content (AvgIpc) is 2.89. The number of nitrogens with zero attached hydrogens (tertiary/aromatic N) is 5. The number of nitrogens with two attached hydrogens (primary N) is 1. The van der Waals surface area contributed by atoms with Crippen molar-refractivity contribution in [1.29, 1.82) is 0 Å². The van der Waals surface area contributed by atoms with Crippen LogP contribution < -0.4 is 10.7 Å². The van der Waals surface area contributed by atoms with Crippen LogP contribution in [0.25, 0.3) is 11.0 Å². The number of carbonyl (C=O) groups is 1. The maximum absolute atomic E-state index is 12.1. The van der Waals surface area contributed by atoms with Gasteiger partial charge in [-0.15, -0.1) is 0 Å². The number of nitrogen functional groups attached to an aromatic ring is 1. The zero-order valence-corrected chi connectivity index (χ0v) is 14.7. The second kappa shape index (κ2) is 6.01. The van der Waals surface area contributed by atoms with Crippen molar-refractivity contribution in [3.8, 4) is 0 Å². The number of fused-ring (bicyclic) bond motifs is 1. The van der Waals surface area contributed by atoms with Crippen molar-refractivity contribution in [1.82, 2.24) is 19.5 Å². The maximum atomic E-state index is 12.1. The molecule has 2 aromatic heterocycles. The minimum absolute atomic E-state index is 0.153. The van der Waals surface area contributed by atoms with E-state index in [4.69, 9.17) is 22.1 Å². The van der Waals surface area contributed by atoms with E-state index in [0.717, 1.165) is 5.52 Å². The molecule has 0 aromatic carbocycles. The molecule has 24 heavy (non-hydrogen) atoms. The van der Waals surface area contributed by atoms with Crippen molar-refractivity contribution < 1.29 is 9.53 Å². The normalized spacial score (nSPS) is 15.8. The van der Waals surface area contributed by atoms with Crippen LogP contribution >= 0.6 is 11.6 Å². The van der Waals surface area contributed by atoms with Crippen LogP contribution in [-0.2, 0) is 4.74 Å². The molecule has 2 N–H and O–H groups in total. The summed E-state index contributed by atoms with van der Waals surface area (Å²) in [5, 5.41) is 2.41. The van der Waals surface area contributed by atoms with E-state index in [-0.39, 0.29) is 12.0 Å². The molecule has 0 aliphatic carbocycles. The Morgan fingerprint density at radius 1 is 1.25 bits per heavy atom. The van der Waals surface area contributed by atoms with E-state index in [1.807, 2.05) is 37.7 Å². The largest absolute Gasteiger partial charge is 0.444 e. The van der Waals surface area contributed by atoms with Crippen LogP contribution in [-0.4, -0.2) is 57.4 Å². The van der Waals surface area contributed by atoms with Gasteiger partial charge in [0.05, 0.1) is 18.6 Å². The first-order valence-electron chi connectivity index (χ1n) is 7.78. The van der Waals surface area contributed by atoms with E-state index in [2.05, 4.69) is 15.0 Å². The first kappa shape index (κ1) is 16.6. The minimum Gasteiger partial charge on any atom is -0.444 e.